The quantitative estimate of drug-likeness (QED) is 0.185. The van der Waals surface area contributed by atoms with Gasteiger partial charge in [-0.05, 0) is 27.7 Å². The first-order valence-corrected chi connectivity index (χ1v) is 9.34. The zero-order valence-electron chi connectivity index (χ0n) is 18.0. The van der Waals surface area contributed by atoms with E-state index in [-0.39, 0.29) is 0 Å². The third kappa shape index (κ3) is 6.60. The molecule has 0 aliphatic heterocycles. The molecule has 0 aromatic rings. The van der Waals surface area contributed by atoms with Crippen LogP contribution in [0.4, 0.5) is 0 Å². The molecule has 12 heteroatoms. The molecule has 32 heavy (non-hydrogen) atoms. The van der Waals surface area contributed by atoms with E-state index in [1.807, 2.05) is 0 Å². The summed E-state index contributed by atoms with van der Waals surface area (Å²) in [5, 5.41) is 42.4. The summed E-state index contributed by atoms with van der Waals surface area (Å²) >= 11 is 0. The standard InChI is InChI=1S/C20H26O12/c1-9(21)5-13(25)19(31,14(26)6-10(2)22)17(29)18(30)20(32,15(27)7-11(3)23)16(28)8-12(4)24/h17-18,29-32H,5-8H2,1-4H3/t17-,18+. The fourth-order valence-corrected chi connectivity index (χ4v) is 2.87. The summed E-state index contributed by atoms with van der Waals surface area (Å²) < 4.78 is 0. The highest BCUT2D eigenvalue weighted by molar-refractivity contribution is 6.21. The van der Waals surface area contributed by atoms with E-state index in [2.05, 4.69) is 0 Å². The van der Waals surface area contributed by atoms with Crippen molar-refractivity contribution in [1.29, 1.82) is 0 Å². The van der Waals surface area contributed by atoms with Crippen LogP contribution in [0.1, 0.15) is 53.4 Å². The SMILES string of the molecule is CC(=O)CC(=O)C(O)(C(=O)CC(C)=O)[C@H](O)[C@H](O)C(O)(C(=O)CC(C)=O)C(=O)CC(C)=O. The molecule has 178 valence electrons. The van der Waals surface area contributed by atoms with Crippen LogP contribution < -0.4 is 0 Å². The molecule has 0 heterocycles. The molecule has 0 spiro atoms. The molecule has 0 aliphatic rings. The normalized spacial score (nSPS) is 13.6. The number of aliphatic hydroxyl groups excluding tert-OH is 2. The molecule has 0 aliphatic carbocycles. The van der Waals surface area contributed by atoms with E-state index in [0.29, 0.717) is 0 Å². The topological polar surface area (TPSA) is 217 Å². The Kier molecular flexibility index (Phi) is 10.2. The highest BCUT2D eigenvalue weighted by Gasteiger charge is 2.60. The molecule has 2 atom stereocenters. The second kappa shape index (κ2) is 11.2. The summed E-state index contributed by atoms with van der Waals surface area (Å²) in [5.74, 6) is -10.3. The Labute approximate surface area is 182 Å². The van der Waals surface area contributed by atoms with Gasteiger partial charge in [0.2, 0.25) is 11.2 Å². The molecule has 0 unspecified atom stereocenters. The number of hydrogen-bond acceptors (Lipinski definition) is 12. The van der Waals surface area contributed by atoms with Crippen LogP contribution in [0.3, 0.4) is 0 Å². The molecular weight excluding hydrogens is 432 g/mol. The number of carbonyl (C=O) groups excluding carboxylic acids is 8. The van der Waals surface area contributed by atoms with Crippen LogP contribution in [-0.4, -0.2) is 90.1 Å². The summed E-state index contributed by atoms with van der Waals surface area (Å²) in [4.78, 5) is 95.0. The summed E-state index contributed by atoms with van der Waals surface area (Å²) in [5.41, 5.74) is -7.37. The lowest BCUT2D eigenvalue weighted by molar-refractivity contribution is -0.197. The van der Waals surface area contributed by atoms with Crippen LogP contribution in [0.2, 0.25) is 0 Å². The molecular formula is C20H26O12. The van der Waals surface area contributed by atoms with Gasteiger partial charge in [-0.2, -0.15) is 0 Å². The van der Waals surface area contributed by atoms with Crippen LogP contribution in [0, 0.1) is 0 Å². The largest absolute Gasteiger partial charge is 0.386 e. The maximum Gasteiger partial charge on any atom is 0.210 e. The van der Waals surface area contributed by atoms with E-state index in [9.17, 15) is 58.8 Å². The average molecular weight is 458 g/mol. The van der Waals surface area contributed by atoms with Crippen molar-refractivity contribution in [2.75, 3.05) is 0 Å². The first-order valence-electron chi connectivity index (χ1n) is 9.34. The van der Waals surface area contributed by atoms with Crippen LogP contribution in [0.15, 0.2) is 0 Å². The highest BCUT2D eigenvalue weighted by atomic mass is 16.4. The van der Waals surface area contributed by atoms with Crippen molar-refractivity contribution in [1.82, 2.24) is 0 Å². The van der Waals surface area contributed by atoms with E-state index >= 15 is 0 Å². The number of rotatable bonds is 15. The van der Waals surface area contributed by atoms with Crippen molar-refractivity contribution >= 4 is 46.3 Å². The minimum Gasteiger partial charge on any atom is -0.386 e. The Hall–Kier alpha value is -2.80. The fourth-order valence-electron chi connectivity index (χ4n) is 2.87. The van der Waals surface area contributed by atoms with E-state index in [4.69, 9.17) is 0 Å². The van der Waals surface area contributed by atoms with E-state index in [1.54, 1.807) is 0 Å². The molecule has 0 aromatic carbocycles. The number of Topliss-reactive ketones (excluding diaryl/α,β-unsaturated/α-hetero) is 8. The second-order valence-corrected chi connectivity index (χ2v) is 7.63. The molecule has 0 radical (unpaired) electrons. The van der Waals surface area contributed by atoms with Gasteiger partial charge in [0.15, 0.2) is 23.1 Å². The van der Waals surface area contributed by atoms with Gasteiger partial charge in [0.1, 0.15) is 35.3 Å². The maximum absolute atomic E-state index is 12.4. The number of aliphatic hydroxyl groups is 4. The van der Waals surface area contributed by atoms with Crippen LogP contribution in [0.25, 0.3) is 0 Å². The van der Waals surface area contributed by atoms with Gasteiger partial charge in [-0.3, -0.25) is 38.4 Å². The average Bonchev–Trinajstić information content (AvgIpc) is 2.62. The monoisotopic (exact) mass is 458 g/mol. The van der Waals surface area contributed by atoms with E-state index in [0.717, 1.165) is 27.7 Å². The molecule has 0 bridgehead atoms. The maximum atomic E-state index is 12.4. The van der Waals surface area contributed by atoms with Gasteiger partial charge < -0.3 is 20.4 Å². The lowest BCUT2D eigenvalue weighted by Gasteiger charge is -2.38. The molecule has 12 nitrogen and oxygen atoms in total. The number of ketones is 8. The Morgan fingerprint density at radius 1 is 0.500 bits per heavy atom. The molecule has 0 saturated heterocycles. The first-order chi connectivity index (χ1) is 14.4. The van der Waals surface area contributed by atoms with Crippen molar-refractivity contribution in [3.05, 3.63) is 0 Å². The van der Waals surface area contributed by atoms with Crippen molar-refractivity contribution < 1.29 is 58.8 Å². The Morgan fingerprint density at radius 3 is 0.781 bits per heavy atom. The minimum absolute atomic E-state index is 0.888. The van der Waals surface area contributed by atoms with E-state index in [1.165, 1.54) is 0 Å². The van der Waals surface area contributed by atoms with Gasteiger partial charge >= 0.3 is 0 Å². The van der Waals surface area contributed by atoms with Crippen LogP contribution >= 0.6 is 0 Å². The summed E-state index contributed by atoms with van der Waals surface area (Å²) in [6.45, 7) is 3.55. The van der Waals surface area contributed by atoms with Gasteiger partial charge in [0.25, 0.3) is 0 Å². The summed E-state index contributed by atoms with van der Waals surface area (Å²) in [7, 11) is 0. The van der Waals surface area contributed by atoms with Crippen LogP contribution in [0.5, 0.6) is 0 Å². The van der Waals surface area contributed by atoms with Gasteiger partial charge in [-0.1, -0.05) is 0 Å². The van der Waals surface area contributed by atoms with Crippen molar-refractivity contribution in [2.45, 2.75) is 76.8 Å². The third-order valence-corrected chi connectivity index (χ3v) is 4.49. The third-order valence-electron chi connectivity index (χ3n) is 4.49. The van der Waals surface area contributed by atoms with Gasteiger partial charge in [-0.15, -0.1) is 0 Å². The Bertz CT molecular complexity index is 727. The molecule has 0 rings (SSSR count). The number of hydrogen-bond donors (Lipinski definition) is 4. The van der Waals surface area contributed by atoms with Gasteiger partial charge in [-0.25, -0.2) is 0 Å². The van der Waals surface area contributed by atoms with Crippen molar-refractivity contribution in [2.24, 2.45) is 0 Å². The second-order valence-electron chi connectivity index (χ2n) is 7.63. The zero-order chi connectivity index (χ0) is 25.6. The first kappa shape index (κ1) is 29.2. The van der Waals surface area contributed by atoms with Gasteiger partial charge in [0.05, 0.1) is 25.7 Å². The summed E-state index contributed by atoms with van der Waals surface area (Å²) in [6.07, 6.45) is -10.8. The number of carbonyl (C=O) groups is 8. The Morgan fingerprint density at radius 2 is 0.656 bits per heavy atom. The van der Waals surface area contributed by atoms with Gasteiger partial charge in [0, 0.05) is 0 Å². The predicted molar refractivity (Wildman–Crippen MR) is 103 cm³/mol. The molecule has 0 aromatic heterocycles. The molecule has 0 fully saturated rings. The predicted octanol–water partition coefficient (Wildman–Crippen LogP) is -2.64. The highest BCUT2D eigenvalue weighted by Crippen LogP contribution is 2.29. The smallest absolute Gasteiger partial charge is 0.210 e. The lowest BCUT2D eigenvalue weighted by atomic mass is 9.73. The fraction of sp³-hybridized carbons (Fsp3) is 0.600. The summed E-state index contributed by atoms with van der Waals surface area (Å²) in [6, 6.07) is 0. The molecule has 0 amide bonds. The van der Waals surface area contributed by atoms with Crippen LogP contribution in [-0.2, 0) is 38.4 Å². The Balaban J connectivity index is 6.65. The van der Waals surface area contributed by atoms with Crippen molar-refractivity contribution in [3.8, 4) is 0 Å². The van der Waals surface area contributed by atoms with E-state index < -0.39 is 95.4 Å². The van der Waals surface area contributed by atoms with Crippen molar-refractivity contribution in [3.63, 3.8) is 0 Å². The minimum atomic E-state index is -3.68. The molecule has 0 saturated carbocycles. The molecule has 4 N–H and O–H groups in total. The zero-order valence-corrected chi connectivity index (χ0v) is 18.0. The lowest BCUT2D eigenvalue weighted by Crippen LogP contribution is -2.69.